The molecule has 0 saturated carbocycles. The van der Waals surface area contributed by atoms with Crippen LogP contribution >= 0.6 is 30.6 Å². The molecule has 2 heterocycles. The monoisotopic (exact) mass is 526 g/mol. The van der Waals surface area contributed by atoms with Gasteiger partial charge < -0.3 is 0 Å². The summed E-state index contributed by atoms with van der Waals surface area (Å²) in [6.45, 7) is 0. The van der Waals surface area contributed by atoms with Crippen molar-refractivity contribution in [2.24, 2.45) is 0 Å². The second-order valence-corrected chi connectivity index (χ2v) is 12.2. The zero-order valence-electron chi connectivity index (χ0n) is 20.0. The third kappa shape index (κ3) is 5.36. The summed E-state index contributed by atoms with van der Waals surface area (Å²) in [6.07, 6.45) is 0. The molecule has 6 aromatic rings. The van der Waals surface area contributed by atoms with Gasteiger partial charge in [-0.3, -0.25) is 0 Å². The van der Waals surface area contributed by atoms with Crippen LogP contribution in [0.4, 0.5) is 0 Å². The van der Waals surface area contributed by atoms with E-state index in [-0.39, 0.29) is 0 Å². The summed E-state index contributed by atoms with van der Waals surface area (Å²) in [5, 5.41) is 9.01. The molecule has 0 nitrogen and oxygen atoms in total. The topological polar surface area (TPSA) is 0 Å². The predicted molar refractivity (Wildman–Crippen MR) is 164 cm³/mol. The molecule has 0 aliphatic heterocycles. The molecular weight excluding hydrogens is 503 g/mol. The van der Waals surface area contributed by atoms with Gasteiger partial charge in [-0.05, 0) is 66.7 Å². The van der Waals surface area contributed by atoms with Gasteiger partial charge in [0.15, 0.2) is 0 Å². The Bertz CT molecular complexity index is 1600. The lowest BCUT2D eigenvalue weighted by molar-refractivity contribution is 1.60. The number of thiophene rings is 2. The van der Waals surface area contributed by atoms with E-state index >= 15 is 0 Å². The second kappa shape index (κ2) is 11.1. The molecule has 0 amide bonds. The van der Waals surface area contributed by atoms with Crippen molar-refractivity contribution in [3.63, 3.8) is 0 Å². The SMILES string of the molecule is C(#CP(c1ccccc1)c1ccccc1)c1sccc1-c1ccc(-c2ccc(-c3ccsc3)cc2)cc1. The Morgan fingerprint density at radius 1 is 0.486 bits per heavy atom. The lowest BCUT2D eigenvalue weighted by Crippen LogP contribution is -2.09. The second-order valence-electron chi connectivity index (χ2n) is 8.57. The molecule has 3 heteroatoms. The fourth-order valence-corrected chi connectivity index (χ4v) is 7.52. The average molecular weight is 527 g/mol. The Kier molecular flexibility index (Phi) is 7.11. The molecule has 0 radical (unpaired) electrons. The Balaban J connectivity index is 1.27. The van der Waals surface area contributed by atoms with Gasteiger partial charge in [-0.1, -0.05) is 121 Å². The quantitative estimate of drug-likeness (QED) is 0.155. The summed E-state index contributed by atoms with van der Waals surface area (Å²) in [7, 11) is -0.743. The van der Waals surface area contributed by atoms with Crippen molar-refractivity contribution in [3.05, 3.63) is 142 Å². The Morgan fingerprint density at radius 3 is 1.57 bits per heavy atom. The molecule has 0 atom stereocenters. The molecule has 0 aliphatic carbocycles. The smallest absolute Gasteiger partial charge is 0.0850 e. The molecule has 2 aromatic heterocycles. The van der Waals surface area contributed by atoms with Gasteiger partial charge in [0.05, 0.1) is 4.88 Å². The van der Waals surface area contributed by atoms with Crippen LogP contribution in [0.5, 0.6) is 0 Å². The van der Waals surface area contributed by atoms with Gasteiger partial charge >= 0.3 is 0 Å². The van der Waals surface area contributed by atoms with Crippen molar-refractivity contribution in [2.45, 2.75) is 0 Å². The maximum Gasteiger partial charge on any atom is 0.0850 e. The van der Waals surface area contributed by atoms with Crippen LogP contribution in [-0.2, 0) is 0 Å². The molecule has 37 heavy (non-hydrogen) atoms. The van der Waals surface area contributed by atoms with Crippen molar-refractivity contribution in [3.8, 4) is 45.0 Å². The van der Waals surface area contributed by atoms with E-state index < -0.39 is 7.92 Å². The first-order valence-electron chi connectivity index (χ1n) is 12.1. The van der Waals surface area contributed by atoms with Gasteiger partial charge in [-0.25, -0.2) is 0 Å². The van der Waals surface area contributed by atoms with Crippen LogP contribution < -0.4 is 10.6 Å². The molecule has 0 N–H and O–H groups in total. The van der Waals surface area contributed by atoms with E-state index in [0.29, 0.717) is 0 Å². The molecule has 0 unspecified atom stereocenters. The van der Waals surface area contributed by atoms with Crippen molar-refractivity contribution in [2.75, 3.05) is 0 Å². The minimum absolute atomic E-state index is 0.743. The van der Waals surface area contributed by atoms with E-state index in [4.69, 9.17) is 0 Å². The van der Waals surface area contributed by atoms with E-state index in [9.17, 15) is 0 Å². The minimum atomic E-state index is -0.743. The number of rotatable bonds is 5. The predicted octanol–water partition coefficient (Wildman–Crippen LogP) is 9.25. The van der Waals surface area contributed by atoms with Crippen LogP contribution in [0, 0.1) is 11.6 Å². The van der Waals surface area contributed by atoms with Crippen LogP contribution in [-0.4, -0.2) is 0 Å². The van der Waals surface area contributed by atoms with E-state index in [1.807, 2.05) is 0 Å². The van der Waals surface area contributed by atoms with Gasteiger partial charge in [-0.2, -0.15) is 11.3 Å². The lowest BCUT2D eigenvalue weighted by Gasteiger charge is -2.11. The van der Waals surface area contributed by atoms with Gasteiger partial charge in [0.25, 0.3) is 0 Å². The fourth-order valence-electron chi connectivity index (χ4n) is 4.30. The van der Waals surface area contributed by atoms with Crippen molar-refractivity contribution in [1.29, 1.82) is 0 Å². The maximum atomic E-state index is 3.64. The standard InChI is InChI=1S/C34H23PS2/c1-3-7-31(8-4-1)35(32-9-5-2-6-10-32)22-19-34-33(21-24-37-34)29-17-15-27(16-18-29)26-11-13-28(14-12-26)30-20-23-36-25-30/h1-18,20-21,23-25H. The van der Waals surface area contributed by atoms with Crippen LogP contribution in [0.1, 0.15) is 4.88 Å². The Labute approximate surface area is 227 Å². The third-order valence-corrected chi connectivity index (χ3v) is 9.72. The highest BCUT2D eigenvalue weighted by Crippen LogP contribution is 2.34. The van der Waals surface area contributed by atoms with Crippen LogP contribution in [0.25, 0.3) is 33.4 Å². The fraction of sp³-hybridized carbons (Fsp3) is 0. The zero-order valence-corrected chi connectivity index (χ0v) is 22.6. The van der Waals surface area contributed by atoms with Crippen molar-refractivity contribution < 1.29 is 0 Å². The molecule has 0 aliphatic rings. The lowest BCUT2D eigenvalue weighted by atomic mass is 9.99. The summed E-state index contributed by atoms with van der Waals surface area (Å²) in [4.78, 5) is 1.12. The first-order chi connectivity index (χ1) is 18.3. The molecule has 0 spiro atoms. The summed E-state index contributed by atoms with van der Waals surface area (Å²) in [6, 6.07) is 43.3. The number of benzene rings is 4. The minimum Gasteiger partial charge on any atom is -0.152 e. The van der Waals surface area contributed by atoms with E-state index in [1.54, 1.807) is 22.7 Å². The molecule has 6 rings (SSSR count). The number of hydrogen-bond acceptors (Lipinski definition) is 2. The van der Waals surface area contributed by atoms with Crippen molar-refractivity contribution >= 4 is 41.2 Å². The van der Waals surface area contributed by atoms with E-state index in [2.05, 4.69) is 149 Å². The maximum absolute atomic E-state index is 3.64. The normalized spacial score (nSPS) is 10.7. The first-order valence-corrected chi connectivity index (χ1v) is 15.2. The highest BCUT2D eigenvalue weighted by molar-refractivity contribution is 7.77. The van der Waals surface area contributed by atoms with E-state index in [1.165, 1.54) is 44.0 Å². The molecular formula is C34H23PS2. The summed E-state index contributed by atoms with van der Waals surface area (Å²) in [5.74, 6) is 3.55. The van der Waals surface area contributed by atoms with Crippen molar-refractivity contribution in [1.82, 2.24) is 0 Å². The third-order valence-electron chi connectivity index (χ3n) is 6.24. The summed E-state index contributed by atoms with van der Waals surface area (Å²) >= 11 is 3.45. The van der Waals surface area contributed by atoms with Gasteiger partial charge in [0.1, 0.15) is 0 Å². The highest BCUT2D eigenvalue weighted by Gasteiger charge is 2.12. The summed E-state index contributed by atoms with van der Waals surface area (Å²) in [5.41, 5.74) is 11.0. The Hall–Kier alpha value is -3.73. The first kappa shape index (κ1) is 23.7. The van der Waals surface area contributed by atoms with Crippen LogP contribution in [0.15, 0.2) is 137 Å². The number of hydrogen-bond donors (Lipinski definition) is 0. The summed E-state index contributed by atoms with van der Waals surface area (Å²) < 4.78 is 0. The molecule has 176 valence electrons. The van der Waals surface area contributed by atoms with Gasteiger partial charge in [0, 0.05) is 13.5 Å². The largest absolute Gasteiger partial charge is 0.152 e. The molecule has 0 saturated heterocycles. The van der Waals surface area contributed by atoms with Crippen LogP contribution in [0.3, 0.4) is 0 Å². The van der Waals surface area contributed by atoms with Gasteiger partial charge in [-0.15, -0.1) is 11.3 Å². The average Bonchev–Trinajstić information content (AvgIpc) is 3.68. The zero-order chi connectivity index (χ0) is 24.9. The highest BCUT2D eigenvalue weighted by atomic mass is 32.1. The van der Waals surface area contributed by atoms with E-state index in [0.717, 1.165) is 4.88 Å². The molecule has 4 aromatic carbocycles. The van der Waals surface area contributed by atoms with Gasteiger partial charge in [0.2, 0.25) is 0 Å². The van der Waals surface area contributed by atoms with Crippen LogP contribution in [0.2, 0.25) is 0 Å². The molecule has 0 fully saturated rings. The molecule has 0 bridgehead atoms. The Morgan fingerprint density at radius 2 is 1.03 bits per heavy atom.